The normalized spacial score (nSPS) is 24.3. The average Bonchev–Trinajstić information content (AvgIpc) is 2.33. The molecule has 0 unspecified atom stereocenters. The Morgan fingerprint density at radius 3 is 2.47 bits per heavy atom. The van der Waals surface area contributed by atoms with Gasteiger partial charge in [-0.3, -0.25) is 0 Å². The lowest BCUT2D eigenvalue weighted by Crippen LogP contribution is -2.34. The van der Waals surface area contributed by atoms with Crippen molar-refractivity contribution in [1.82, 2.24) is 0 Å². The summed E-state index contributed by atoms with van der Waals surface area (Å²) in [6.45, 7) is 6.64. The predicted molar refractivity (Wildman–Crippen MR) is 86.7 cm³/mol. The van der Waals surface area contributed by atoms with E-state index in [1.165, 1.54) is 5.56 Å². The van der Waals surface area contributed by atoms with Crippen LogP contribution in [0.25, 0.3) is 0 Å². The fourth-order valence-corrected chi connectivity index (χ4v) is 3.08. The van der Waals surface area contributed by atoms with Crippen molar-refractivity contribution in [3.05, 3.63) is 27.3 Å². The lowest BCUT2D eigenvalue weighted by molar-refractivity contribution is 0.00641. The molecule has 1 aliphatic carbocycles. The maximum atomic E-state index is 9.98. The molecule has 1 fully saturated rings. The SMILES string of the molecule is CC(C)(C)c1ccc(O[C@H]2CCCC[C@@H]2O)c(I)c1. The standard InChI is InChI=1S/C16H23IO2/c1-16(2,3)11-8-9-14(12(17)10-11)19-15-7-5-4-6-13(15)18/h8-10,13,15,18H,4-7H2,1-3H3/t13-,15-/m0/s1. The van der Waals surface area contributed by atoms with Gasteiger partial charge in [-0.05, 0) is 65.0 Å². The second kappa shape index (κ2) is 6.00. The molecule has 0 amide bonds. The van der Waals surface area contributed by atoms with Gasteiger partial charge in [-0.25, -0.2) is 0 Å². The molecule has 3 heteroatoms. The summed E-state index contributed by atoms with van der Waals surface area (Å²) in [5.41, 5.74) is 1.47. The lowest BCUT2D eigenvalue weighted by atomic mass is 9.87. The second-order valence-corrected chi connectivity index (χ2v) is 7.57. The Labute approximate surface area is 129 Å². The highest BCUT2D eigenvalue weighted by Gasteiger charge is 2.25. The quantitative estimate of drug-likeness (QED) is 0.784. The van der Waals surface area contributed by atoms with E-state index in [0.717, 1.165) is 35.0 Å². The summed E-state index contributed by atoms with van der Waals surface area (Å²) >= 11 is 2.32. The molecule has 0 spiro atoms. The zero-order chi connectivity index (χ0) is 14.0. The van der Waals surface area contributed by atoms with Crippen molar-refractivity contribution in [3.8, 4) is 5.75 Å². The monoisotopic (exact) mass is 374 g/mol. The molecule has 1 saturated carbocycles. The van der Waals surface area contributed by atoms with E-state index in [4.69, 9.17) is 4.74 Å². The van der Waals surface area contributed by atoms with Gasteiger partial charge in [0.25, 0.3) is 0 Å². The molecule has 1 aromatic rings. The van der Waals surface area contributed by atoms with Crippen LogP contribution in [0.1, 0.15) is 52.0 Å². The molecule has 2 nitrogen and oxygen atoms in total. The van der Waals surface area contributed by atoms with E-state index in [1.54, 1.807) is 0 Å². The number of ether oxygens (including phenoxy) is 1. The number of rotatable bonds is 2. The molecule has 19 heavy (non-hydrogen) atoms. The molecule has 2 atom stereocenters. The Morgan fingerprint density at radius 2 is 1.89 bits per heavy atom. The number of aliphatic hydroxyl groups excluding tert-OH is 1. The predicted octanol–water partition coefficient (Wildman–Crippen LogP) is 4.27. The van der Waals surface area contributed by atoms with Crippen LogP contribution in [-0.2, 0) is 5.41 Å². The van der Waals surface area contributed by atoms with Gasteiger partial charge in [0.15, 0.2) is 0 Å². The Balaban J connectivity index is 2.13. The van der Waals surface area contributed by atoms with Crippen molar-refractivity contribution in [1.29, 1.82) is 0 Å². The van der Waals surface area contributed by atoms with E-state index in [0.29, 0.717) is 0 Å². The number of halogens is 1. The van der Waals surface area contributed by atoms with E-state index in [1.807, 2.05) is 6.07 Å². The molecule has 1 aromatic carbocycles. The third-order valence-corrected chi connectivity index (χ3v) is 4.59. The van der Waals surface area contributed by atoms with Crippen molar-refractivity contribution in [2.75, 3.05) is 0 Å². The third kappa shape index (κ3) is 3.85. The first-order valence-corrected chi connectivity index (χ1v) is 8.10. The summed E-state index contributed by atoms with van der Waals surface area (Å²) in [4.78, 5) is 0. The van der Waals surface area contributed by atoms with Gasteiger partial charge in [0.1, 0.15) is 11.9 Å². The van der Waals surface area contributed by atoms with Crippen LogP contribution in [0.15, 0.2) is 18.2 Å². The van der Waals surface area contributed by atoms with Crippen molar-refractivity contribution < 1.29 is 9.84 Å². The van der Waals surface area contributed by atoms with Crippen LogP contribution in [0.3, 0.4) is 0 Å². The molecular weight excluding hydrogens is 351 g/mol. The summed E-state index contributed by atoms with van der Waals surface area (Å²) in [5.74, 6) is 0.902. The van der Waals surface area contributed by atoms with Crippen LogP contribution in [0.5, 0.6) is 5.75 Å². The summed E-state index contributed by atoms with van der Waals surface area (Å²) in [5, 5.41) is 9.98. The minimum atomic E-state index is -0.313. The Kier molecular flexibility index (Phi) is 4.77. The minimum Gasteiger partial charge on any atom is -0.487 e. The molecule has 0 aromatic heterocycles. The zero-order valence-corrected chi connectivity index (χ0v) is 14.1. The first kappa shape index (κ1) is 15.1. The largest absolute Gasteiger partial charge is 0.487 e. The smallest absolute Gasteiger partial charge is 0.133 e. The molecule has 1 aliphatic rings. The van der Waals surface area contributed by atoms with Crippen LogP contribution in [0, 0.1) is 3.57 Å². The van der Waals surface area contributed by atoms with Gasteiger partial charge in [-0.1, -0.05) is 33.3 Å². The van der Waals surface area contributed by atoms with E-state index >= 15 is 0 Å². The zero-order valence-electron chi connectivity index (χ0n) is 11.9. The highest BCUT2D eigenvalue weighted by Crippen LogP contribution is 2.31. The summed E-state index contributed by atoms with van der Waals surface area (Å²) in [7, 11) is 0. The Morgan fingerprint density at radius 1 is 1.21 bits per heavy atom. The first-order valence-electron chi connectivity index (χ1n) is 7.02. The number of aliphatic hydroxyl groups is 1. The lowest BCUT2D eigenvalue weighted by Gasteiger charge is -2.29. The van der Waals surface area contributed by atoms with Crippen molar-refractivity contribution >= 4 is 22.6 Å². The first-order chi connectivity index (χ1) is 8.88. The molecule has 0 heterocycles. The average molecular weight is 374 g/mol. The van der Waals surface area contributed by atoms with Gasteiger partial charge in [-0.2, -0.15) is 0 Å². The van der Waals surface area contributed by atoms with Crippen molar-refractivity contribution in [2.45, 2.75) is 64.1 Å². The van der Waals surface area contributed by atoms with Crippen LogP contribution >= 0.6 is 22.6 Å². The minimum absolute atomic E-state index is 0.0391. The topological polar surface area (TPSA) is 29.5 Å². The molecule has 2 rings (SSSR count). The van der Waals surface area contributed by atoms with Gasteiger partial charge < -0.3 is 9.84 Å². The van der Waals surface area contributed by atoms with E-state index in [9.17, 15) is 5.11 Å². The van der Waals surface area contributed by atoms with Gasteiger partial charge in [0.2, 0.25) is 0 Å². The van der Waals surface area contributed by atoms with Gasteiger partial charge in [-0.15, -0.1) is 0 Å². The fourth-order valence-electron chi connectivity index (χ4n) is 2.44. The van der Waals surface area contributed by atoms with Crippen LogP contribution in [0.4, 0.5) is 0 Å². The molecule has 0 radical (unpaired) electrons. The van der Waals surface area contributed by atoms with Crippen molar-refractivity contribution in [2.24, 2.45) is 0 Å². The summed E-state index contributed by atoms with van der Waals surface area (Å²) in [6.07, 6.45) is 3.73. The van der Waals surface area contributed by atoms with Crippen LogP contribution < -0.4 is 4.74 Å². The third-order valence-electron chi connectivity index (χ3n) is 3.74. The fraction of sp³-hybridized carbons (Fsp3) is 0.625. The number of hydrogen-bond donors (Lipinski definition) is 1. The molecule has 106 valence electrons. The maximum Gasteiger partial charge on any atom is 0.133 e. The highest BCUT2D eigenvalue weighted by molar-refractivity contribution is 14.1. The molecule has 0 saturated heterocycles. The van der Waals surface area contributed by atoms with Crippen LogP contribution in [-0.4, -0.2) is 17.3 Å². The second-order valence-electron chi connectivity index (χ2n) is 6.40. The van der Waals surface area contributed by atoms with Crippen molar-refractivity contribution in [3.63, 3.8) is 0 Å². The summed E-state index contributed by atoms with van der Waals surface area (Å²) < 4.78 is 7.14. The molecule has 0 bridgehead atoms. The van der Waals surface area contributed by atoms with Crippen LogP contribution in [0.2, 0.25) is 0 Å². The number of benzene rings is 1. The Bertz CT molecular complexity index is 437. The number of hydrogen-bond acceptors (Lipinski definition) is 2. The Hall–Kier alpha value is -0.290. The highest BCUT2D eigenvalue weighted by atomic mass is 127. The molecule has 0 aliphatic heterocycles. The van der Waals surface area contributed by atoms with Gasteiger partial charge in [0.05, 0.1) is 9.67 Å². The molecule has 1 N–H and O–H groups in total. The van der Waals surface area contributed by atoms with E-state index in [2.05, 4.69) is 55.5 Å². The maximum absolute atomic E-state index is 9.98. The van der Waals surface area contributed by atoms with Gasteiger partial charge in [0, 0.05) is 0 Å². The summed E-state index contributed by atoms with van der Waals surface area (Å²) in [6, 6.07) is 6.36. The van der Waals surface area contributed by atoms with Gasteiger partial charge >= 0.3 is 0 Å². The molecular formula is C16H23IO2. The van der Waals surface area contributed by atoms with E-state index in [-0.39, 0.29) is 17.6 Å². The van der Waals surface area contributed by atoms with E-state index < -0.39 is 0 Å².